The van der Waals surface area contributed by atoms with Crippen molar-refractivity contribution in [3.8, 4) is 0 Å². The minimum atomic E-state index is 0.590. The summed E-state index contributed by atoms with van der Waals surface area (Å²) >= 11 is 0. The summed E-state index contributed by atoms with van der Waals surface area (Å²) in [6.45, 7) is 2.91. The first-order valence-electron chi connectivity index (χ1n) is 2.62. The molecule has 0 aliphatic carbocycles. The summed E-state index contributed by atoms with van der Waals surface area (Å²) in [6.07, 6.45) is 1.86. The Bertz CT molecular complexity index is 171. The predicted octanol–water partition coefficient (Wildman–Crippen LogP) is -0.303. The molecule has 0 fully saturated rings. The molecular weight excluding hydrogens is 98.9 g/mol. The summed E-state index contributed by atoms with van der Waals surface area (Å²) in [7, 11) is 5.32. The Hall–Kier alpha value is -0.725. The maximum absolute atomic E-state index is 5.32. The van der Waals surface area contributed by atoms with Crippen molar-refractivity contribution >= 4 is 13.4 Å². The zero-order chi connectivity index (χ0) is 5.98. The quantitative estimate of drug-likeness (QED) is 0.449. The number of nitrogens with zero attached hydrogens (tertiary/aromatic N) is 2. The highest BCUT2D eigenvalue weighted by molar-refractivity contribution is 6.30. The summed E-state index contributed by atoms with van der Waals surface area (Å²) in [5.41, 5.74) is 0.590. The normalized spacial score (nSPS) is 9.62. The first kappa shape index (κ1) is 5.41. The van der Waals surface area contributed by atoms with E-state index in [1.54, 1.807) is 10.7 Å². The summed E-state index contributed by atoms with van der Waals surface area (Å²) in [5.74, 6) is 0. The fourth-order valence-electron chi connectivity index (χ4n) is 0.554. The molecule has 1 heterocycles. The lowest BCUT2D eigenvalue weighted by Gasteiger charge is -1.89. The minimum Gasteiger partial charge on any atom is -0.274 e. The van der Waals surface area contributed by atoms with Crippen LogP contribution in [0.3, 0.4) is 0 Å². The second-order valence-electron chi connectivity index (χ2n) is 1.60. The Balaban J connectivity index is 2.84. The van der Waals surface area contributed by atoms with Crippen LogP contribution in [0.2, 0.25) is 0 Å². The molecule has 2 nitrogen and oxygen atoms in total. The maximum Gasteiger partial charge on any atom is 0.144 e. The molecule has 0 aromatic carbocycles. The van der Waals surface area contributed by atoms with Gasteiger partial charge in [-0.3, -0.25) is 4.68 Å². The molecule has 8 heavy (non-hydrogen) atoms. The summed E-state index contributed by atoms with van der Waals surface area (Å²) in [6, 6.07) is 1.78. The molecule has 0 spiro atoms. The Morgan fingerprint density at radius 1 is 1.88 bits per heavy atom. The van der Waals surface area contributed by atoms with Gasteiger partial charge in [-0.1, -0.05) is 0 Å². The molecule has 0 atom stereocenters. The van der Waals surface area contributed by atoms with E-state index in [1.807, 2.05) is 13.1 Å². The monoisotopic (exact) mass is 106 g/mol. The molecule has 1 aromatic heterocycles. The van der Waals surface area contributed by atoms with Gasteiger partial charge < -0.3 is 0 Å². The van der Waals surface area contributed by atoms with E-state index in [4.69, 9.17) is 7.85 Å². The van der Waals surface area contributed by atoms with Gasteiger partial charge in [0.15, 0.2) is 0 Å². The highest BCUT2D eigenvalue weighted by Gasteiger charge is 1.85. The Morgan fingerprint density at radius 3 is 2.88 bits per heavy atom. The zero-order valence-corrected chi connectivity index (χ0v) is 4.83. The van der Waals surface area contributed by atoms with Gasteiger partial charge >= 0.3 is 0 Å². The second kappa shape index (κ2) is 2.03. The zero-order valence-electron chi connectivity index (χ0n) is 4.83. The number of aromatic nitrogens is 2. The van der Waals surface area contributed by atoms with Crippen LogP contribution in [-0.2, 0) is 6.54 Å². The minimum absolute atomic E-state index is 0.590. The number of hydrogen-bond acceptors (Lipinski definition) is 1. The van der Waals surface area contributed by atoms with E-state index in [9.17, 15) is 0 Å². The van der Waals surface area contributed by atoms with Crippen LogP contribution in [0.15, 0.2) is 12.3 Å². The highest BCUT2D eigenvalue weighted by Crippen LogP contribution is 1.77. The standard InChI is InChI=1S/C5H7BN2/c1-2-8-4-3-5(6)7-8/h3-4H,2H2,1H3. The van der Waals surface area contributed by atoms with Crippen LogP contribution in [0.25, 0.3) is 0 Å². The molecular formula is C5H7BN2. The van der Waals surface area contributed by atoms with Gasteiger partial charge in [0.2, 0.25) is 0 Å². The maximum atomic E-state index is 5.32. The molecule has 1 rings (SSSR count). The number of aryl methyl sites for hydroxylation is 1. The molecule has 0 saturated heterocycles. The van der Waals surface area contributed by atoms with E-state index in [-0.39, 0.29) is 0 Å². The van der Waals surface area contributed by atoms with Crippen molar-refractivity contribution in [1.29, 1.82) is 0 Å². The lowest BCUT2D eigenvalue weighted by atomic mass is 10.1. The van der Waals surface area contributed by atoms with Crippen molar-refractivity contribution in [2.75, 3.05) is 0 Å². The largest absolute Gasteiger partial charge is 0.274 e. The van der Waals surface area contributed by atoms with E-state index < -0.39 is 0 Å². The van der Waals surface area contributed by atoms with Gasteiger partial charge in [-0.05, 0) is 13.0 Å². The summed E-state index contributed by atoms with van der Waals surface area (Å²) < 4.78 is 1.79. The molecule has 0 N–H and O–H groups in total. The van der Waals surface area contributed by atoms with E-state index >= 15 is 0 Å². The van der Waals surface area contributed by atoms with Crippen LogP contribution in [0.4, 0.5) is 0 Å². The molecule has 40 valence electrons. The molecule has 0 aliphatic heterocycles. The van der Waals surface area contributed by atoms with Gasteiger partial charge in [0, 0.05) is 18.3 Å². The topological polar surface area (TPSA) is 17.8 Å². The van der Waals surface area contributed by atoms with E-state index in [2.05, 4.69) is 5.10 Å². The molecule has 0 unspecified atom stereocenters. The highest BCUT2D eigenvalue weighted by atomic mass is 15.3. The first-order valence-corrected chi connectivity index (χ1v) is 2.62. The van der Waals surface area contributed by atoms with Crippen molar-refractivity contribution in [1.82, 2.24) is 9.78 Å². The van der Waals surface area contributed by atoms with Crippen LogP contribution < -0.4 is 5.59 Å². The molecule has 0 saturated carbocycles. The molecule has 1 aromatic rings. The molecule has 0 amide bonds. The molecule has 2 radical (unpaired) electrons. The van der Waals surface area contributed by atoms with Crippen LogP contribution in [0.5, 0.6) is 0 Å². The SMILES string of the molecule is [B]c1ccn(CC)n1. The fourth-order valence-corrected chi connectivity index (χ4v) is 0.554. The molecule has 3 heteroatoms. The van der Waals surface area contributed by atoms with Gasteiger partial charge in [0.1, 0.15) is 7.85 Å². The van der Waals surface area contributed by atoms with Gasteiger partial charge in [0.25, 0.3) is 0 Å². The van der Waals surface area contributed by atoms with E-state index in [0.29, 0.717) is 5.59 Å². The lowest BCUT2D eigenvalue weighted by molar-refractivity contribution is 0.665. The summed E-state index contributed by atoms with van der Waals surface area (Å²) in [5, 5.41) is 3.92. The second-order valence-corrected chi connectivity index (χ2v) is 1.60. The Kier molecular flexibility index (Phi) is 1.37. The molecule has 0 aliphatic rings. The van der Waals surface area contributed by atoms with Crippen LogP contribution in [-0.4, -0.2) is 17.6 Å². The average Bonchev–Trinajstić information content (AvgIpc) is 2.14. The molecule has 0 bridgehead atoms. The van der Waals surface area contributed by atoms with Crippen molar-refractivity contribution in [2.45, 2.75) is 13.5 Å². The van der Waals surface area contributed by atoms with Gasteiger partial charge in [-0.15, -0.1) is 0 Å². The average molecular weight is 106 g/mol. The van der Waals surface area contributed by atoms with E-state index in [1.165, 1.54) is 0 Å². The van der Waals surface area contributed by atoms with Crippen molar-refractivity contribution in [3.63, 3.8) is 0 Å². The third-order valence-corrected chi connectivity index (χ3v) is 0.985. The van der Waals surface area contributed by atoms with Crippen LogP contribution >= 0.6 is 0 Å². The van der Waals surface area contributed by atoms with Crippen molar-refractivity contribution in [3.05, 3.63) is 12.3 Å². The summed E-state index contributed by atoms with van der Waals surface area (Å²) in [4.78, 5) is 0. The third-order valence-electron chi connectivity index (χ3n) is 0.985. The first-order chi connectivity index (χ1) is 3.83. The smallest absolute Gasteiger partial charge is 0.144 e. The van der Waals surface area contributed by atoms with Gasteiger partial charge in [-0.25, -0.2) is 0 Å². The fraction of sp³-hybridized carbons (Fsp3) is 0.400. The predicted molar refractivity (Wildman–Crippen MR) is 33.3 cm³/mol. The van der Waals surface area contributed by atoms with Crippen LogP contribution in [0.1, 0.15) is 6.92 Å². The van der Waals surface area contributed by atoms with Crippen molar-refractivity contribution < 1.29 is 0 Å². The number of rotatable bonds is 1. The van der Waals surface area contributed by atoms with Gasteiger partial charge in [-0.2, -0.15) is 5.10 Å². The van der Waals surface area contributed by atoms with Crippen LogP contribution in [0, 0.1) is 0 Å². The van der Waals surface area contributed by atoms with Crippen molar-refractivity contribution in [2.24, 2.45) is 0 Å². The number of hydrogen-bond donors (Lipinski definition) is 0. The van der Waals surface area contributed by atoms with Gasteiger partial charge in [0.05, 0.1) is 0 Å². The Morgan fingerprint density at radius 2 is 2.62 bits per heavy atom. The Labute approximate surface area is 49.9 Å². The van der Waals surface area contributed by atoms with E-state index in [0.717, 1.165) is 6.54 Å². The third kappa shape index (κ3) is 0.913. The lowest BCUT2D eigenvalue weighted by Crippen LogP contribution is -2.06.